The molecule has 2 aliphatic rings. The fourth-order valence-corrected chi connectivity index (χ4v) is 3.65. The highest BCUT2D eigenvalue weighted by Gasteiger charge is 2.39. The average molecular weight is 330 g/mol. The van der Waals surface area contributed by atoms with Gasteiger partial charge in [-0.15, -0.1) is 0 Å². The number of benzene rings is 1. The third-order valence-electron chi connectivity index (χ3n) is 5.42. The van der Waals surface area contributed by atoms with Crippen molar-refractivity contribution in [2.75, 3.05) is 26.8 Å². The predicted molar refractivity (Wildman–Crippen MR) is 95.8 cm³/mol. The number of hydrogen-bond acceptors (Lipinski definition) is 3. The SMILES string of the molecule is COCCC1(NC(=O)C2CC2)CCN(Cc2cccc(C)c2)CC1. The monoisotopic (exact) mass is 330 g/mol. The number of aryl methyl sites for hydroxylation is 1. The van der Waals surface area contributed by atoms with E-state index in [-0.39, 0.29) is 17.4 Å². The molecular weight excluding hydrogens is 300 g/mol. The molecule has 0 bridgehead atoms. The Morgan fingerprint density at radius 2 is 2.08 bits per heavy atom. The first-order chi connectivity index (χ1) is 11.6. The van der Waals surface area contributed by atoms with Crippen LogP contribution >= 0.6 is 0 Å². The summed E-state index contributed by atoms with van der Waals surface area (Å²) in [6, 6.07) is 8.74. The lowest BCUT2D eigenvalue weighted by Gasteiger charge is -2.42. The zero-order chi connectivity index (χ0) is 17.0. The van der Waals surface area contributed by atoms with Crippen LogP contribution in [-0.4, -0.2) is 43.2 Å². The van der Waals surface area contributed by atoms with E-state index in [1.165, 1.54) is 11.1 Å². The van der Waals surface area contributed by atoms with Crippen molar-refractivity contribution < 1.29 is 9.53 Å². The number of amides is 1. The van der Waals surface area contributed by atoms with Crippen LogP contribution in [0.4, 0.5) is 0 Å². The standard InChI is InChI=1S/C20H30N2O2/c1-16-4-3-5-17(14-16)15-22-11-8-20(9-12-22,10-13-24-2)21-19(23)18-6-7-18/h3-5,14,18H,6-13,15H2,1-2H3,(H,21,23). The quantitative estimate of drug-likeness (QED) is 0.836. The molecule has 2 fully saturated rings. The Kier molecular flexibility index (Phi) is 5.57. The van der Waals surface area contributed by atoms with Gasteiger partial charge in [0.15, 0.2) is 0 Å². The summed E-state index contributed by atoms with van der Waals surface area (Å²) in [5, 5.41) is 3.38. The van der Waals surface area contributed by atoms with Crippen molar-refractivity contribution in [2.24, 2.45) is 5.92 Å². The summed E-state index contributed by atoms with van der Waals surface area (Å²) in [4.78, 5) is 14.8. The van der Waals surface area contributed by atoms with E-state index < -0.39 is 0 Å². The lowest BCUT2D eigenvalue weighted by molar-refractivity contribution is -0.125. The molecule has 0 atom stereocenters. The van der Waals surface area contributed by atoms with E-state index in [1.54, 1.807) is 7.11 Å². The molecule has 1 aliphatic heterocycles. The Bertz CT molecular complexity index is 561. The van der Waals surface area contributed by atoms with Gasteiger partial charge in [-0.05, 0) is 44.6 Å². The van der Waals surface area contributed by atoms with Gasteiger partial charge in [-0.1, -0.05) is 29.8 Å². The Morgan fingerprint density at radius 3 is 2.71 bits per heavy atom. The minimum Gasteiger partial charge on any atom is -0.385 e. The molecular formula is C20H30N2O2. The van der Waals surface area contributed by atoms with Crippen molar-refractivity contribution in [3.05, 3.63) is 35.4 Å². The lowest BCUT2D eigenvalue weighted by atomic mass is 9.84. The Hall–Kier alpha value is -1.39. The summed E-state index contributed by atoms with van der Waals surface area (Å²) in [6.45, 7) is 5.91. The van der Waals surface area contributed by atoms with E-state index in [0.29, 0.717) is 6.61 Å². The fraction of sp³-hybridized carbons (Fsp3) is 0.650. The van der Waals surface area contributed by atoms with Crippen molar-refractivity contribution in [3.63, 3.8) is 0 Å². The van der Waals surface area contributed by atoms with Gasteiger partial charge in [-0.3, -0.25) is 9.69 Å². The van der Waals surface area contributed by atoms with Gasteiger partial charge in [0.05, 0.1) is 0 Å². The Balaban J connectivity index is 1.57. The van der Waals surface area contributed by atoms with Crippen molar-refractivity contribution in [2.45, 2.75) is 51.1 Å². The van der Waals surface area contributed by atoms with Crippen molar-refractivity contribution in [1.29, 1.82) is 0 Å². The van der Waals surface area contributed by atoms with Gasteiger partial charge in [0.2, 0.25) is 5.91 Å². The molecule has 132 valence electrons. The molecule has 1 aromatic rings. The number of ether oxygens (including phenoxy) is 1. The predicted octanol–water partition coefficient (Wildman–Crippen LogP) is 2.89. The van der Waals surface area contributed by atoms with Gasteiger partial charge in [-0.25, -0.2) is 0 Å². The number of nitrogens with one attached hydrogen (secondary N) is 1. The number of hydrogen-bond donors (Lipinski definition) is 1. The molecule has 1 aromatic carbocycles. The van der Waals surface area contributed by atoms with Gasteiger partial charge in [0.25, 0.3) is 0 Å². The molecule has 3 rings (SSSR count). The summed E-state index contributed by atoms with van der Waals surface area (Å²) in [5.74, 6) is 0.535. The molecule has 1 heterocycles. The topological polar surface area (TPSA) is 41.6 Å². The zero-order valence-electron chi connectivity index (χ0n) is 15.0. The van der Waals surface area contributed by atoms with Gasteiger partial charge >= 0.3 is 0 Å². The van der Waals surface area contributed by atoms with E-state index >= 15 is 0 Å². The summed E-state index contributed by atoms with van der Waals surface area (Å²) in [6.07, 6.45) is 5.07. The highest BCUT2D eigenvalue weighted by molar-refractivity contribution is 5.81. The largest absolute Gasteiger partial charge is 0.385 e. The minimum atomic E-state index is -0.0706. The third-order valence-corrected chi connectivity index (χ3v) is 5.42. The highest BCUT2D eigenvalue weighted by Crippen LogP contribution is 2.32. The number of methoxy groups -OCH3 is 1. The normalized spacial score (nSPS) is 20.8. The smallest absolute Gasteiger partial charge is 0.223 e. The molecule has 0 radical (unpaired) electrons. The zero-order valence-corrected chi connectivity index (χ0v) is 15.0. The van der Waals surface area contributed by atoms with Crippen molar-refractivity contribution in [3.8, 4) is 0 Å². The number of carbonyl (C=O) groups excluding carboxylic acids is 1. The third kappa shape index (κ3) is 4.58. The number of carbonyl (C=O) groups is 1. The molecule has 4 heteroatoms. The number of likely N-dealkylation sites (tertiary alicyclic amines) is 1. The van der Waals surface area contributed by atoms with E-state index in [0.717, 1.165) is 51.7 Å². The van der Waals surface area contributed by atoms with Crippen LogP contribution in [0.15, 0.2) is 24.3 Å². The van der Waals surface area contributed by atoms with Crippen LogP contribution in [0.25, 0.3) is 0 Å². The van der Waals surface area contributed by atoms with E-state index in [9.17, 15) is 4.79 Å². The van der Waals surface area contributed by atoms with Gasteiger partial charge < -0.3 is 10.1 Å². The Labute approximate surface area is 145 Å². The van der Waals surface area contributed by atoms with Crippen LogP contribution < -0.4 is 5.32 Å². The van der Waals surface area contributed by atoms with Gasteiger partial charge in [0.1, 0.15) is 0 Å². The molecule has 1 aliphatic carbocycles. The van der Waals surface area contributed by atoms with Crippen molar-refractivity contribution >= 4 is 5.91 Å². The highest BCUT2D eigenvalue weighted by atomic mass is 16.5. The molecule has 0 aromatic heterocycles. The summed E-state index contributed by atoms with van der Waals surface area (Å²) < 4.78 is 5.30. The molecule has 1 saturated carbocycles. The van der Waals surface area contributed by atoms with E-state index in [4.69, 9.17) is 4.74 Å². The molecule has 1 saturated heterocycles. The molecule has 4 nitrogen and oxygen atoms in total. The average Bonchev–Trinajstić information content (AvgIpc) is 3.40. The number of nitrogens with zero attached hydrogens (tertiary/aromatic N) is 1. The number of piperidine rings is 1. The second-order valence-corrected chi connectivity index (χ2v) is 7.55. The molecule has 1 N–H and O–H groups in total. The molecule has 1 amide bonds. The lowest BCUT2D eigenvalue weighted by Crippen LogP contribution is -2.56. The summed E-state index contributed by atoms with van der Waals surface area (Å²) >= 11 is 0. The van der Waals surface area contributed by atoms with Crippen molar-refractivity contribution in [1.82, 2.24) is 10.2 Å². The van der Waals surface area contributed by atoms with Gasteiger partial charge in [0, 0.05) is 44.8 Å². The minimum absolute atomic E-state index is 0.0706. The Morgan fingerprint density at radius 1 is 1.33 bits per heavy atom. The maximum atomic E-state index is 12.3. The maximum Gasteiger partial charge on any atom is 0.223 e. The van der Waals surface area contributed by atoms with Crippen LogP contribution in [-0.2, 0) is 16.1 Å². The van der Waals surface area contributed by atoms with E-state index in [2.05, 4.69) is 41.4 Å². The summed E-state index contributed by atoms with van der Waals surface area (Å²) in [7, 11) is 1.74. The van der Waals surface area contributed by atoms with Gasteiger partial charge in [-0.2, -0.15) is 0 Å². The first-order valence-corrected chi connectivity index (χ1v) is 9.19. The first-order valence-electron chi connectivity index (χ1n) is 9.19. The van der Waals surface area contributed by atoms with Crippen LogP contribution in [0.3, 0.4) is 0 Å². The van der Waals surface area contributed by atoms with Crippen LogP contribution in [0.2, 0.25) is 0 Å². The molecule has 0 unspecified atom stereocenters. The molecule has 24 heavy (non-hydrogen) atoms. The second-order valence-electron chi connectivity index (χ2n) is 7.55. The first kappa shape index (κ1) is 17.4. The molecule has 0 spiro atoms. The maximum absolute atomic E-state index is 12.3. The van der Waals surface area contributed by atoms with Crippen LogP contribution in [0, 0.1) is 12.8 Å². The van der Waals surface area contributed by atoms with Crippen LogP contribution in [0.5, 0.6) is 0 Å². The number of rotatable bonds is 7. The summed E-state index contributed by atoms with van der Waals surface area (Å²) in [5.41, 5.74) is 2.62. The second kappa shape index (κ2) is 7.66. The van der Waals surface area contributed by atoms with E-state index in [1.807, 2.05) is 0 Å². The fourth-order valence-electron chi connectivity index (χ4n) is 3.65. The van der Waals surface area contributed by atoms with Crippen LogP contribution in [0.1, 0.15) is 43.2 Å².